The van der Waals surface area contributed by atoms with Crippen molar-refractivity contribution in [3.63, 3.8) is 0 Å². The van der Waals surface area contributed by atoms with Crippen molar-refractivity contribution in [3.05, 3.63) is 119 Å². The van der Waals surface area contributed by atoms with Crippen LogP contribution in [0.25, 0.3) is 0 Å². The molecule has 0 saturated carbocycles. The van der Waals surface area contributed by atoms with E-state index >= 15 is 0 Å². The molecule has 260 valence electrons. The fourth-order valence-corrected chi connectivity index (χ4v) is 7.51. The predicted molar refractivity (Wildman–Crippen MR) is 197 cm³/mol. The van der Waals surface area contributed by atoms with Crippen LogP contribution in [0.2, 0.25) is 0 Å². The van der Waals surface area contributed by atoms with E-state index in [0.29, 0.717) is 12.5 Å². The Kier molecular flexibility index (Phi) is 14.0. The highest BCUT2D eigenvalue weighted by molar-refractivity contribution is 5.86. The van der Waals surface area contributed by atoms with Gasteiger partial charge in [0.25, 0.3) is 0 Å². The fraction of sp³-hybridized carbons (Fsp3) is 0.452. The second-order valence-corrected chi connectivity index (χ2v) is 13.8. The Labute approximate surface area is 292 Å². The summed E-state index contributed by atoms with van der Waals surface area (Å²) < 4.78 is 0. The summed E-state index contributed by atoms with van der Waals surface area (Å²) in [7, 11) is 0. The molecule has 1 aliphatic carbocycles. The molecule has 3 amide bonds. The van der Waals surface area contributed by atoms with E-state index in [9.17, 15) is 14.4 Å². The molecule has 0 aromatic heterocycles. The van der Waals surface area contributed by atoms with E-state index in [0.717, 1.165) is 42.7 Å². The number of nitrogens with one attached hydrogen (secondary N) is 3. The standard InChI is InChI=1S/C42H54N4O3/c47-39(44-30-35-19-16-28-46(33-35)32-34-17-8-3-1-2-4-9-18-34)26-27-43-41(49)31-45-40(48)29-42(36-20-10-5-11-21-36,37-22-12-6-13-23-37)38-24-14-7-15-25-38/h5-7,10-15,17,20-25,35H,1-4,8-9,16,18-19,26-33H2,(H,43,49)(H,44,47)(H,45,48)/b34-17+/t35-/m1/s1. The fourth-order valence-electron chi connectivity index (χ4n) is 7.51. The summed E-state index contributed by atoms with van der Waals surface area (Å²) in [4.78, 5) is 41.4. The maximum absolute atomic E-state index is 13.5. The quantitative estimate of drug-likeness (QED) is 0.135. The minimum atomic E-state index is -0.733. The van der Waals surface area contributed by atoms with Gasteiger partial charge in [-0.3, -0.25) is 19.3 Å². The van der Waals surface area contributed by atoms with E-state index in [1.54, 1.807) is 5.57 Å². The molecular weight excluding hydrogens is 608 g/mol. The summed E-state index contributed by atoms with van der Waals surface area (Å²) in [6.45, 7) is 3.98. The number of benzene rings is 3. The van der Waals surface area contributed by atoms with Gasteiger partial charge in [-0.2, -0.15) is 0 Å². The Morgan fingerprint density at radius 3 is 1.94 bits per heavy atom. The van der Waals surface area contributed by atoms with Crippen molar-refractivity contribution in [2.75, 3.05) is 39.3 Å². The lowest BCUT2D eigenvalue weighted by molar-refractivity contribution is -0.126. The number of hydrogen-bond donors (Lipinski definition) is 3. The van der Waals surface area contributed by atoms with E-state index in [1.165, 1.54) is 51.4 Å². The number of carbonyl (C=O) groups is 3. The third kappa shape index (κ3) is 10.9. The van der Waals surface area contributed by atoms with Crippen molar-refractivity contribution >= 4 is 17.7 Å². The molecule has 0 bridgehead atoms. The zero-order valence-corrected chi connectivity index (χ0v) is 29.0. The minimum absolute atomic E-state index is 0.0567. The molecule has 1 atom stereocenters. The van der Waals surface area contributed by atoms with Crippen molar-refractivity contribution < 1.29 is 14.4 Å². The van der Waals surface area contributed by atoms with E-state index in [-0.39, 0.29) is 43.7 Å². The topological polar surface area (TPSA) is 90.5 Å². The molecule has 1 heterocycles. The molecule has 7 heteroatoms. The largest absolute Gasteiger partial charge is 0.356 e. The lowest BCUT2D eigenvalue weighted by atomic mass is 9.67. The van der Waals surface area contributed by atoms with E-state index in [2.05, 4.69) is 26.9 Å². The van der Waals surface area contributed by atoms with Gasteiger partial charge in [0.15, 0.2) is 0 Å². The van der Waals surface area contributed by atoms with Gasteiger partial charge in [0, 0.05) is 39.0 Å². The van der Waals surface area contributed by atoms with Crippen LogP contribution in [0, 0.1) is 5.92 Å². The lowest BCUT2D eigenvalue weighted by Gasteiger charge is -2.35. The first kappa shape index (κ1) is 36.1. The maximum atomic E-state index is 13.5. The molecular formula is C42H54N4O3. The number of carbonyl (C=O) groups excluding carboxylic acids is 3. The number of amides is 3. The maximum Gasteiger partial charge on any atom is 0.239 e. The van der Waals surface area contributed by atoms with Crippen LogP contribution in [-0.4, -0.2) is 61.9 Å². The average molecular weight is 663 g/mol. The molecule has 49 heavy (non-hydrogen) atoms. The van der Waals surface area contributed by atoms with Crippen molar-refractivity contribution in [2.45, 2.75) is 76.0 Å². The van der Waals surface area contributed by atoms with Gasteiger partial charge in [-0.1, -0.05) is 122 Å². The van der Waals surface area contributed by atoms with Gasteiger partial charge in [-0.25, -0.2) is 0 Å². The van der Waals surface area contributed by atoms with Crippen LogP contribution in [-0.2, 0) is 19.8 Å². The van der Waals surface area contributed by atoms with Crippen LogP contribution in [0.3, 0.4) is 0 Å². The minimum Gasteiger partial charge on any atom is -0.356 e. The normalized spacial score (nSPS) is 18.5. The molecule has 1 saturated heterocycles. The van der Waals surface area contributed by atoms with Gasteiger partial charge in [0.05, 0.1) is 12.0 Å². The number of piperidine rings is 1. The molecule has 3 aromatic carbocycles. The zero-order chi connectivity index (χ0) is 34.2. The molecule has 5 rings (SSSR count). The predicted octanol–water partition coefficient (Wildman–Crippen LogP) is 6.53. The van der Waals surface area contributed by atoms with Gasteiger partial charge in [0.1, 0.15) is 0 Å². The molecule has 3 N–H and O–H groups in total. The van der Waals surface area contributed by atoms with Crippen molar-refractivity contribution in [2.24, 2.45) is 5.92 Å². The van der Waals surface area contributed by atoms with Crippen molar-refractivity contribution in [1.82, 2.24) is 20.9 Å². The summed E-state index contributed by atoms with van der Waals surface area (Å²) in [5.74, 6) is -0.145. The number of likely N-dealkylation sites (tertiary alicyclic amines) is 1. The van der Waals surface area contributed by atoms with Crippen LogP contribution in [0.1, 0.15) is 87.3 Å². The lowest BCUT2D eigenvalue weighted by Crippen LogP contribution is -2.43. The average Bonchev–Trinajstić information content (AvgIpc) is 3.27. The van der Waals surface area contributed by atoms with E-state index in [1.807, 2.05) is 91.0 Å². The first-order valence-corrected chi connectivity index (χ1v) is 18.4. The molecule has 0 spiro atoms. The summed E-state index contributed by atoms with van der Waals surface area (Å²) in [6, 6.07) is 30.1. The van der Waals surface area contributed by atoms with Gasteiger partial charge in [0.2, 0.25) is 17.7 Å². The second kappa shape index (κ2) is 19.1. The first-order valence-electron chi connectivity index (χ1n) is 18.4. The molecule has 2 aliphatic rings. The van der Waals surface area contributed by atoms with E-state index in [4.69, 9.17) is 0 Å². The molecule has 1 fully saturated rings. The molecule has 7 nitrogen and oxygen atoms in total. The molecule has 1 aliphatic heterocycles. The van der Waals surface area contributed by atoms with Crippen molar-refractivity contribution in [3.8, 4) is 0 Å². The molecule has 0 radical (unpaired) electrons. The van der Waals surface area contributed by atoms with Crippen LogP contribution in [0.5, 0.6) is 0 Å². The summed E-state index contributed by atoms with van der Waals surface area (Å²) in [5, 5.41) is 8.74. The second-order valence-electron chi connectivity index (χ2n) is 13.8. The number of rotatable bonds is 14. The number of allylic oxidation sites excluding steroid dienone is 1. The highest BCUT2D eigenvalue weighted by Crippen LogP contribution is 2.42. The summed E-state index contributed by atoms with van der Waals surface area (Å²) in [6.07, 6.45) is 14.3. The van der Waals surface area contributed by atoms with Crippen LogP contribution >= 0.6 is 0 Å². The van der Waals surface area contributed by atoms with Crippen molar-refractivity contribution in [1.29, 1.82) is 0 Å². The van der Waals surface area contributed by atoms with Crippen LogP contribution < -0.4 is 16.0 Å². The Morgan fingerprint density at radius 2 is 1.29 bits per heavy atom. The SMILES string of the molecule is O=C(CCNC(=O)CNC(=O)CC(c1ccccc1)(c1ccccc1)c1ccccc1)NC[C@H]1CCCN(C/C2=C/CCCCCCC2)C1. The summed E-state index contributed by atoms with van der Waals surface area (Å²) in [5.41, 5.74) is 3.87. The Bertz CT molecular complexity index is 1400. The number of nitrogens with zero attached hydrogens (tertiary/aromatic N) is 1. The summed E-state index contributed by atoms with van der Waals surface area (Å²) >= 11 is 0. The van der Waals surface area contributed by atoms with Gasteiger partial charge < -0.3 is 16.0 Å². The first-order chi connectivity index (χ1) is 24.0. The number of hydrogen-bond acceptors (Lipinski definition) is 4. The van der Waals surface area contributed by atoms with Crippen LogP contribution in [0.4, 0.5) is 0 Å². The Hall–Kier alpha value is -4.23. The van der Waals surface area contributed by atoms with Gasteiger partial charge in [-0.15, -0.1) is 0 Å². The Balaban J connectivity index is 1.06. The zero-order valence-electron chi connectivity index (χ0n) is 29.0. The third-order valence-electron chi connectivity index (χ3n) is 10.1. The van der Waals surface area contributed by atoms with Gasteiger partial charge >= 0.3 is 0 Å². The Morgan fingerprint density at radius 1 is 0.673 bits per heavy atom. The third-order valence-corrected chi connectivity index (χ3v) is 10.1. The molecule has 0 unspecified atom stereocenters. The smallest absolute Gasteiger partial charge is 0.239 e. The monoisotopic (exact) mass is 662 g/mol. The highest BCUT2D eigenvalue weighted by Gasteiger charge is 2.38. The van der Waals surface area contributed by atoms with Crippen LogP contribution in [0.15, 0.2) is 103 Å². The molecule has 3 aromatic rings. The highest BCUT2D eigenvalue weighted by atomic mass is 16.2. The van der Waals surface area contributed by atoms with Gasteiger partial charge in [-0.05, 0) is 67.7 Å². The van der Waals surface area contributed by atoms with E-state index < -0.39 is 5.41 Å².